The van der Waals surface area contributed by atoms with E-state index in [0.717, 1.165) is 10.1 Å². The van der Waals surface area contributed by atoms with Crippen LogP contribution in [0.15, 0.2) is 35.2 Å². The molecule has 1 aromatic heterocycles. The van der Waals surface area contributed by atoms with Gasteiger partial charge in [0.2, 0.25) is 0 Å². The summed E-state index contributed by atoms with van der Waals surface area (Å²) in [7, 11) is 0. The third-order valence-electron chi connectivity index (χ3n) is 1.40. The number of thioether (sulfide) groups is 1. The fourth-order valence-electron chi connectivity index (χ4n) is 0.844. The van der Waals surface area contributed by atoms with Crippen LogP contribution in [0.2, 0.25) is 0 Å². The predicted octanol–water partition coefficient (Wildman–Crippen LogP) is 4.56. The Morgan fingerprint density at radius 2 is 2.46 bits per heavy atom. The zero-order valence-electron chi connectivity index (χ0n) is 7.42. The Balaban J connectivity index is 2.43. The summed E-state index contributed by atoms with van der Waals surface area (Å²) < 4.78 is 0.793. The van der Waals surface area contributed by atoms with E-state index in [9.17, 15) is 0 Å². The molecule has 0 saturated carbocycles. The van der Waals surface area contributed by atoms with Gasteiger partial charge in [-0.3, -0.25) is 0 Å². The Labute approximate surface area is 92.3 Å². The molecule has 0 nitrogen and oxygen atoms in total. The van der Waals surface area contributed by atoms with Gasteiger partial charge in [-0.2, -0.15) is 0 Å². The van der Waals surface area contributed by atoms with Crippen LogP contribution in [0.5, 0.6) is 0 Å². The minimum absolute atomic E-state index is 0.793. The van der Waals surface area contributed by atoms with Crippen molar-refractivity contribution in [2.75, 3.05) is 0 Å². The van der Waals surface area contributed by atoms with Gasteiger partial charge in [0.05, 0.1) is 4.36 Å². The normalized spacial score (nSPS) is 11.7. The molecule has 0 bridgehead atoms. The molecule has 1 rings (SSSR count). The first-order valence-corrected chi connectivity index (χ1v) is 6.06. The second-order valence-corrected chi connectivity index (χ2v) is 5.53. The quantitative estimate of drug-likeness (QED) is 0.684. The molecule has 3 heteroatoms. The first kappa shape index (κ1) is 10.9. The van der Waals surface area contributed by atoms with Crippen molar-refractivity contribution >= 4 is 34.7 Å². The number of rotatable bonds is 4. The highest BCUT2D eigenvalue weighted by molar-refractivity contribution is 8.03. The van der Waals surface area contributed by atoms with Crippen molar-refractivity contribution < 1.29 is 0 Å². The fourth-order valence-corrected chi connectivity index (χ4v) is 2.76. The highest BCUT2D eigenvalue weighted by Gasteiger charge is 1.98. The Kier molecular flexibility index (Phi) is 4.64. The molecule has 0 aliphatic heterocycles. The summed E-state index contributed by atoms with van der Waals surface area (Å²) in [4.78, 5) is 2.71. The van der Waals surface area contributed by atoms with E-state index in [-0.39, 0.29) is 0 Å². The summed E-state index contributed by atoms with van der Waals surface area (Å²) in [5.41, 5.74) is 0. The van der Waals surface area contributed by atoms with Gasteiger partial charge in [-0.05, 0) is 25.1 Å². The minimum atomic E-state index is 0.793. The van der Waals surface area contributed by atoms with Gasteiger partial charge in [0.15, 0.2) is 0 Å². The van der Waals surface area contributed by atoms with Crippen molar-refractivity contribution in [1.29, 1.82) is 0 Å². The SMILES string of the molecule is C=C/C=C(/Cl)SCc1ccc(C)s1. The summed E-state index contributed by atoms with van der Waals surface area (Å²) in [6.07, 6.45) is 3.52. The molecule has 1 aromatic rings. The molecule has 1 heterocycles. The van der Waals surface area contributed by atoms with Crippen LogP contribution in [0, 0.1) is 6.92 Å². The predicted molar refractivity (Wildman–Crippen MR) is 64.5 cm³/mol. The van der Waals surface area contributed by atoms with E-state index in [2.05, 4.69) is 25.6 Å². The standard InChI is InChI=1S/C10H11ClS2/c1-3-4-10(11)12-7-9-6-5-8(2)13-9/h3-6H,1,7H2,2H3/b10-4-. The van der Waals surface area contributed by atoms with Crippen LogP contribution in [0.3, 0.4) is 0 Å². The maximum Gasteiger partial charge on any atom is 0.0738 e. The Morgan fingerprint density at radius 3 is 3.00 bits per heavy atom. The molecule has 0 aliphatic rings. The van der Waals surface area contributed by atoms with E-state index in [1.54, 1.807) is 17.8 Å². The minimum Gasteiger partial charge on any atom is -0.145 e. The van der Waals surface area contributed by atoms with Crippen LogP contribution in [0.1, 0.15) is 9.75 Å². The van der Waals surface area contributed by atoms with Gasteiger partial charge in [-0.1, -0.05) is 24.3 Å². The Bertz CT molecular complexity index is 312. The summed E-state index contributed by atoms with van der Waals surface area (Å²) in [5.74, 6) is 0.946. The lowest BCUT2D eigenvalue weighted by molar-refractivity contribution is 1.55. The molecule has 0 saturated heterocycles. The molecule has 0 aliphatic carbocycles. The lowest BCUT2D eigenvalue weighted by Gasteiger charge is -1.95. The average molecular weight is 231 g/mol. The van der Waals surface area contributed by atoms with Gasteiger partial charge in [0, 0.05) is 15.5 Å². The number of hydrogen-bond acceptors (Lipinski definition) is 2. The van der Waals surface area contributed by atoms with E-state index >= 15 is 0 Å². The summed E-state index contributed by atoms with van der Waals surface area (Å²) in [5, 5.41) is 0. The first-order valence-electron chi connectivity index (χ1n) is 3.88. The molecular weight excluding hydrogens is 220 g/mol. The van der Waals surface area contributed by atoms with E-state index in [1.807, 2.05) is 17.4 Å². The molecule has 0 N–H and O–H groups in total. The van der Waals surface area contributed by atoms with Crippen molar-refractivity contribution in [1.82, 2.24) is 0 Å². The van der Waals surface area contributed by atoms with Gasteiger partial charge in [-0.25, -0.2) is 0 Å². The van der Waals surface area contributed by atoms with E-state index in [4.69, 9.17) is 11.6 Å². The Hall–Kier alpha value is -0.180. The van der Waals surface area contributed by atoms with Crippen molar-refractivity contribution in [2.24, 2.45) is 0 Å². The van der Waals surface area contributed by atoms with Crippen molar-refractivity contribution in [3.63, 3.8) is 0 Å². The van der Waals surface area contributed by atoms with Gasteiger partial charge < -0.3 is 0 Å². The molecular formula is C10H11ClS2. The largest absolute Gasteiger partial charge is 0.145 e. The fraction of sp³-hybridized carbons (Fsp3) is 0.200. The highest BCUT2D eigenvalue weighted by atomic mass is 35.5. The summed E-state index contributed by atoms with van der Waals surface area (Å²) in [6, 6.07) is 4.27. The van der Waals surface area contributed by atoms with Crippen LogP contribution in [0.25, 0.3) is 0 Å². The number of halogens is 1. The topological polar surface area (TPSA) is 0 Å². The average Bonchev–Trinajstić information content (AvgIpc) is 2.49. The van der Waals surface area contributed by atoms with E-state index in [0.29, 0.717) is 0 Å². The monoisotopic (exact) mass is 230 g/mol. The van der Waals surface area contributed by atoms with Gasteiger partial charge in [-0.15, -0.1) is 23.1 Å². The molecule has 0 radical (unpaired) electrons. The molecule has 0 unspecified atom stereocenters. The van der Waals surface area contributed by atoms with Crippen molar-refractivity contribution in [2.45, 2.75) is 12.7 Å². The second-order valence-electron chi connectivity index (χ2n) is 2.51. The van der Waals surface area contributed by atoms with Crippen LogP contribution in [-0.2, 0) is 5.75 Å². The van der Waals surface area contributed by atoms with Crippen LogP contribution in [-0.4, -0.2) is 0 Å². The lowest BCUT2D eigenvalue weighted by Crippen LogP contribution is -1.70. The van der Waals surface area contributed by atoms with Crippen molar-refractivity contribution in [3.8, 4) is 0 Å². The lowest BCUT2D eigenvalue weighted by atomic mass is 10.5. The third-order valence-corrected chi connectivity index (χ3v) is 3.90. The first-order chi connectivity index (χ1) is 6.22. The van der Waals surface area contributed by atoms with Gasteiger partial charge in [0.25, 0.3) is 0 Å². The van der Waals surface area contributed by atoms with Gasteiger partial charge >= 0.3 is 0 Å². The number of allylic oxidation sites excluding steroid dienone is 2. The molecule has 0 spiro atoms. The van der Waals surface area contributed by atoms with E-state index < -0.39 is 0 Å². The molecule has 0 amide bonds. The second kappa shape index (κ2) is 5.53. The Morgan fingerprint density at radius 1 is 1.69 bits per heavy atom. The van der Waals surface area contributed by atoms with E-state index in [1.165, 1.54) is 9.75 Å². The highest BCUT2D eigenvalue weighted by Crippen LogP contribution is 2.27. The molecule has 0 fully saturated rings. The maximum atomic E-state index is 5.90. The van der Waals surface area contributed by atoms with Crippen LogP contribution < -0.4 is 0 Å². The smallest absolute Gasteiger partial charge is 0.0738 e. The summed E-state index contributed by atoms with van der Waals surface area (Å²) >= 11 is 9.34. The molecule has 13 heavy (non-hydrogen) atoms. The molecule has 70 valence electrons. The van der Waals surface area contributed by atoms with Crippen LogP contribution in [0.4, 0.5) is 0 Å². The number of hydrogen-bond donors (Lipinski definition) is 0. The third kappa shape index (κ3) is 4.03. The zero-order chi connectivity index (χ0) is 9.68. The molecule has 0 atom stereocenters. The summed E-state index contributed by atoms with van der Waals surface area (Å²) in [6.45, 7) is 5.70. The van der Waals surface area contributed by atoms with Crippen LogP contribution >= 0.6 is 34.7 Å². The van der Waals surface area contributed by atoms with Crippen molar-refractivity contribution in [3.05, 3.63) is 45.0 Å². The molecule has 0 aromatic carbocycles. The number of aryl methyl sites for hydroxylation is 1. The zero-order valence-corrected chi connectivity index (χ0v) is 9.81. The maximum absolute atomic E-state index is 5.90. The number of thiophene rings is 1. The van der Waals surface area contributed by atoms with Gasteiger partial charge in [0.1, 0.15) is 0 Å².